The number of aliphatic hydroxyl groups excluding tert-OH is 1. The van der Waals surface area contributed by atoms with Crippen molar-refractivity contribution in [2.45, 2.75) is 169 Å². The van der Waals surface area contributed by atoms with E-state index in [2.05, 4.69) is 118 Å². The van der Waals surface area contributed by atoms with Gasteiger partial charge in [0.1, 0.15) is 49.2 Å². The summed E-state index contributed by atoms with van der Waals surface area (Å²) in [6, 6.07) is 33.1. The lowest BCUT2D eigenvalue weighted by atomic mass is 9.91. The zero-order valence-corrected chi connectivity index (χ0v) is 53.2. The van der Waals surface area contributed by atoms with Gasteiger partial charge in [-0.2, -0.15) is 0 Å². The number of pyridine rings is 4. The summed E-state index contributed by atoms with van der Waals surface area (Å²) < 4.78 is 48.5. The molecule has 470 valence electrons. The molecule has 0 unspecified atom stereocenters. The smallest absolute Gasteiger partial charge is 0.169 e. The maximum Gasteiger partial charge on any atom is 0.169 e. The van der Waals surface area contributed by atoms with Crippen LogP contribution in [0, 0.1) is 6.92 Å². The highest BCUT2D eigenvalue weighted by Crippen LogP contribution is 2.37. The second kappa shape index (κ2) is 37.6. The summed E-state index contributed by atoms with van der Waals surface area (Å²) in [5.41, 5.74) is 10.6. The maximum absolute atomic E-state index is 9.79. The van der Waals surface area contributed by atoms with E-state index < -0.39 is 0 Å². The van der Waals surface area contributed by atoms with Crippen LogP contribution in [0.2, 0.25) is 0 Å². The van der Waals surface area contributed by atoms with E-state index in [1.54, 1.807) is 12.4 Å². The van der Waals surface area contributed by atoms with Crippen LogP contribution in [0.25, 0.3) is 33.3 Å². The molecule has 0 saturated heterocycles. The zero-order chi connectivity index (χ0) is 61.4. The Labute approximate surface area is 523 Å². The number of hydrogen-bond donors (Lipinski definition) is 1. The SMILES string of the molecule is Cc1ccnc(-c2cc(COCCOCCOc3cccc4c(OCCOCCOCc5cn(CCCCCCCCCCC[n+]6ccc(-c7cc[n+](CCCCCCOc8c(C(C)C)cc(CO)cc8C(C)C)cc7)cc6)nn5)cccc34)ccn2)c1. The monoisotopic (exact) mass is 1200 g/mol. The number of ether oxygens (including phenoxy) is 7. The second-order valence-electron chi connectivity index (χ2n) is 23.5. The van der Waals surface area contributed by atoms with Crippen LogP contribution in [0.4, 0.5) is 0 Å². The number of benzene rings is 3. The topological polar surface area (TPSA) is 149 Å². The van der Waals surface area contributed by atoms with Crippen molar-refractivity contribution < 1.29 is 47.4 Å². The molecule has 3 aromatic carbocycles. The highest BCUT2D eigenvalue weighted by molar-refractivity contribution is 5.93. The minimum absolute atomic E-state index is 0.0620. The first-order valence-electron chi connectivity index (χ1n) is 32.4. The van der Waals surface area contributed by atoms with E-state index in [9.17, 15) is 5.11 Å². The highest BCUT2D eigenvalue weighted by Gasteiger charge is 2.18. The molecule has 0 amide bonds. The molecule has 0 aliphatic rings. The number of hydrogen-bond acceptors (Lipinski definition) is 12. The Hall–Kier alpha value is -7.14. The lowest BCUT2D eigenvalue weighted by molar-refractivity contribution is -0.697. The number of aryl methyl sites for hydroxylation is 4. The Morgan fingerprint density at radius 1 is 0.477 bits per heavy atom. The number of aromatic nitrogens is 7. The first-order chi connectivity index (χ1) is 43.2. The molecule has 15 nitrogen and oxygen atoms in total. The Morgan fingerprint density at radius 3 is 1.53 bits per heavy atom. The minimum Gasteiger partial charge on any atom is -0.493 e. The fourth-order valence-electron chi connectivity index (χ4n) is 10.8. The van der Waals surface area contributed by atoms with Gasteiger partial charge in [0.25, 0.3) is 0 Å². The predicted molar refractivity (Wildman–Crippen MR) is 346 cm³/mol. The third-order valence-corrected chi connectivity index (χ3v) is 15.8. The molecule has 0 aliphatic carbocycles. The number of aliphatic hydroxyl groups is 1. The number of nitrogens with zero attached hydrogens (tertiary/aromatic N) is 7. The van der Waals surface area contributed by atoms with E-state index in [4.69, 9.17) is 33.2 Å². The Bertz CT molecular complexity index is 3230. The fraction of sp³-hybridized carbons (Fsp3) is 0.479. The van der Waals surface area contributed by atoms with Crippen LogP contribution in [-0.2, 0) is 58.4 Å². The Kier molecular flexibility index (Phi) is 28.6. The van der Waals surface area contributed by atoms with Crippen molar-refractivity contribution in [1.29, 1.82) is 0 Å². The second-order valence-corrected chi connectivity index (χ2v) is 23.5. The summed E-state index contributed by atoms with van der Waals surface area (Å²) in [4.78, 5) is 8.91. The quantitative estimate of drug-likeness (QED) is 0.0286. The van der Waals surface area contributed by atoms with Gasteiger partial charge in [-0.3, -0.25) is 14.6 Å². The molecule has 0 spiro atoms. The fourth-order valence-corrected chi connectivity index (χ4v) is 10.8. The van der Waals surface area contributed by atoms with Crippen LogP contribution in [0.3, 0.4) is 0 Å². The summed E-state index contributed by atoms with van der Waals surface area (Å²) >= 11 is 0. The summed E-state index contributed by atoms with van der Waals surface area (Å²) in [5.74, 6) is 3.28. The summed E-state index contributed by atoms with van der Waals surface area (Å²) in [5, 5.41) is 20.4. The van der Waals surface area contributed by atoms with Gasteiger partial charge in [0.2, 0.25) is 0 Å². The van der Waals surface area contributed by atoms with Crippen molar-refractivity contribution in [3.8, 4) is 39.8 Å². The van der Waals surface area contributed by atoms with E-state index in [-0.39, 0.29) is 6.61 Å². The van der Waals surface area contributed by atoms with Crippen molar-refractivity contribution in [3.63, 3.8) is 0 Å². The molecule has 15 heteroatoms. The molecule has 0 aliphatic heterocycles. The molecule has 5 aromatic heterocycles. The average Bonchev–Trinajstić information content (AvgIpc) is 4.15. The van der Waals surface area contributed by atoms with E-state index in [1.165, 1.54) is 80.0 Å². The summed E-state index contributed by atoms with van der Waals surface area (Å²) in [7, 11) is 0. The molecule has 0 atom stereocenters. The summed E-state index contributed by atoms with van der Waals surface area (Å²) in [6.45, 7) is 19.1. The van der Waals surface area contributed by atoms with E-state index in [1.807, 2.05) is 78.5 Å². The third kappa shape index (κ3) is 22.5. The first kappa shape index (κ1) is 66.8. The van der Waals surface area contributed by atoms with Gasteiger partial charge in [-0.05, 0) is 138 Å². The normalized spacial score (nSPS) is 11.6. The molecular weight excluding hydrogens is 1100 g/mol. The predicted octanol–water partition coefficient (Wildman–Crippen LogP) is 14.3. The van der Waals surface area contributed by atoms with Crippen molar-refractivity contribution in [2.75, 3.05) is 59.5 Å². The highest BCUT2D eigenvalue weighted by atomic mass is 16.6. The van der Waals surface area contributed by atoms with Crippen LogP contribution in [-0.4, -0.2) is 89.5 Å². The van der Waals surface area contributed by atoms with Crippen molar-refractivity contribution in [1.82, 2.24) is 25.0 Å². The van der Waals surface area contributed by atoms with Crippen molar-refractivity contribution in [2.24, 2.45) is 0 Å². The lowest BCUT2D eigenvalue weighted by Crippen LogP contribution is -2.33. The molecule has 0 radical (unpaired) electrons. The number of rotatable bonds is 43. The molecule has 0 saturated carbocycles. The van der Waals surface area contributed by atoms with E-state index >= 15 is 0 Å². The van der Waals surface area contributed by atoms with Gasteiger partial charge in [-0.15, -0.1) is 5.10 Å². The van der Waals surface area contributed by atoms with Crippen LogP contribution in [0.1, 0.15) is 157 Å². The van der Waals surface area contributed by atoms with Gasteiger partial charge in [-0.25, -0.2) is 9.13 Å². The Morgan fingerprint density at radius 2 is 0.977 bits per heavy atom. The van der Waals surface area contributed by atoms with E-state index in [0.29, 0.717) is 77.9 Å². The molecule has 88 heavy (non-hydrogen) atoms. The van der Waals surface area contributed by atoms with Crippen LogP contribution in [0.15, 0.2) is 140 Å². The first-order valence-corrected chi connectivity index (χ1v) is 32.4. The minimum atomic E-state index is 0.0620. The molecule has 0 bridgehead atoms. The average molecular weight is 1200 g/mol. The van der Waals surface area contributed by atoms with Gasteiger partial charge >= 0.3 is 0 Å². The van der Waals surface area contributed by atoms with Gasteiger partial charge < -0.3 is 38.3 Å². The third-order valence-electron chi connectivity index (χ3n) is 15.8. The summed E-state index contributed by atoms with van der Waals surface area (Å²) in [6.07, 6.45) is 30.3. The number of unbranched alkanes of at least 4 members (excludes halogenated alkanes) is 11. The van der Waals surface area contributed by atoms with Crippen molar-refractivity contribution in [3.05, 3.63) is 174 Å². The maximum atomic E-state index is 9.79. The van der Waals surface area contributed by atoms with Crippen LogP contribution in [0.5, 0.6) is 17.2 Å². The Balaban J connectivity index is 0.581. The largest absolute Gasteiger partial charge is 0.493 e. The van der Waals surface area contributed by atoms with Gasteiger partial charge in [0.05, 0.1) is 83.7 Å². The molecule has 0 fully saturated rings. The standard InChI is InChI=1S/C73H97N7O8/c1-57(2)67-50-61(54-81)51-68(58(3)4)73(67)88-40-18-14-13-16-34-79-38-29-63(30-39-79)62-27-36-78(37-28-62)33-15-11-9-7-6-8-10-12-17-35-80-53-64(76-77-80)56-85-44-42-83-46-48-87-72-24-20-21-65-66(72)22-19-23-71(65)86-47-45-82-41-43-84-55-60-26-32-75-70(52-60)69-49-59(5)25-31-74-69/h19-32,36-39,49-53,57-58,81H,6-18,33-35,40-48,54-56H2,1-5H3/q+2. The zero-order valence-electron chi connectivity index (χ0n) is 53.2. The van der Waals surface area contributed by atoms with Gasteiger partial charge in [0, 0.05) is 66.8 Å². The number of fused-ring (bicyclic) bond motifs is 1. The van der Waals surface area contributed by atoms with Gasteiger partial charge in [-0.1, -0.05) is 95.7 Å². The van der Waals surface area contributed by atoms with Crippen LogP contribution >= 0.6 is 0 Å². The molecule has 8 aromatic rings. The molecular formula is C73H97N7O8+2. The lowest BCUT2D eigenvalue weighted by Gasteiger charge is -2.21. The molecule has 8 rings (SSSR count). The van der Waals surface area contributed by atoms with E-state index in [0.717, 1.165) is 114 Å². The molecule has 5 heterocycles. The van der Waals surface area contributed by atoms with Crippen molar-refractivity contribution >= 4 is 10.8 Å². The van der Waals surface area contributed by atoms with Crippen LogP contribution < -0.4 is 23.3 Å². The van der Waals surface area contributed by atoms with Gasteiger partial charge in [0.15, 0.2) is 24.8 Å². The molecule has 1 N–H and O–H groups in total.